The van der Waals surface area contributed by atoms with Crippen LogP contribution in [0.15, 0.2) is 104 Å². The van der Waals surface area contributed by atoms with E-state index in [1.54, 1.807) is 81.5 Å². The quantitative estimate of drug-likeness (QED) is 0.0703. The van der Waals surface area contributed by atoms with Crippen molar-refractivity contribution in [1.82, 2.24) is 29.9 Å². The second kappa shape index (κ2) is 24.7. The predicted molar refractivity (Wildman–Crippen MR) is 261 cm³/mol. The molecule has 0 bridgehead atoms. The Hall–Kier alpha value is -7.48. The van der Waals surface area contributed by atoms with Crippen LogP contribution < -0.4 is 38.9 Å². The molecule has 11 N–H and O–H groups in total. The van der Waals surface area contributed by atoms with Crippen molar-refractivity contribution in [1.29, 1.82) is 0 Å². The zero-order chi connectivity index (χ0) is 46.5. The number of halogens is 1. The molecule has 0 aliphatic carbocycles. The van der Waals surface area contributed by atoms with Gasteiger partial charge in [0.05, 0.1) is 11.4 Å². The smallest absolute Gasteiger partial charge is 0.412 e. The maximum absolute atomic E-state index is 12.3. The number of rotatable bonds is 8. The van der Waals surface area contributed by atoms with Crippen molar-refractivity contribution < 1.29 is 19.1 Å². The molecule has 2 aromatic heterocycles. The van der Waals surface area contributed by atoms with Crippen LogP contribution in [0.25, 0.3) is 18.2 Å². The average Bonchev–Trinajstić information content (AvgIpc) is 3.21. The summed E-state index contributed by atoms with van der Waals surface area (Å²) in [5.74, 6) is 0.726. The molecular formula is C45H52IN13O4. The number of hydrogen-bond acceptors (Lipinski definition) is 14. The normalized spacial score (nSPS) is 10.3. The molecule has 4 aromatic carbocycles. The van der Waals surface area contributed by atoms with E-state index in [9.17, 15) is 14.4 Å². The standard InChI is InChI=1S/C19H18N6O.C18H19IN2O3.C5H7N5.C3H8/c1-12-4-2-3-5-15(12)22-17(26)14-9-6-13(7-10-14)8-11-16-23-18(20)25-19(21)24-16;1-18(2,3)24-17(23)21-15-7-5-4-6-14(15)20-16(22)12-8-10-13(19)11-9-12;1-2-3-8-4(6)10-5(7)9-3;1-3-2/h2-11H,1H3,(H,22,26)(H4,20,21,23,24,25);4-11H,1-3H3,(H,20,22)(H,21,23);2H,1H2,(H4,6,7,8,9,10);3H2,1-2H3/b11-8+;;;. The van der Waals surface area contributed by atoms with Gasteiger partial charge in [-0.3, -0.25) is 14.9 Å². The first-order valence-corrected chi connectivity index (χ1v) is 20.4. The third-order valence-electron chi connectivity index (χ3n) is 7.47. The number of nitrogens with zero attached hydrogens (tertiary/aromatic N) is 6. The van der Waals surface area contributed by atoms with Crippen LogP contribution in [0.1, 0.15) is 84.5 Å². The second-order valence-corrected chi connectivity index (χ2v) is 15.3. The van der Waals surface area contributed by atoms with Gasteiger partial charge in [0.2, 0.25) is 23.8 Å². The van der Waals surface area contributed by atoms with Crippen molar-refractivity contribution >= 4 is 99.6 Å². The van der Waals surface area contributed by atoms with Gasteiger partial charge >= 0.3 is 6.09 Å². The van der Waals surface area contributed by atoms with Gasteiger partial charge in [-0.1, -0.05) is 75.4 Å². The van der Waals surface area contributed by atoms with Crippen LogP contribution in [0.4, 0.5) is 45.7 Å². The molecular weight excluding hydrogens is 913 g/mol. The molecule has 0 saturated carbocycles. The molecule has 0 aliphatic heterocycles. The van der Waals surface area contributed by atoms with E-state index in [4.69, 9.17) is 27.7 Å². The van der Waals surface area contributed by atoms with Crippen molar-refractivity contribution in [2.45, 2.75) is 53.6 Å². The molecule has 328 valence electrons. The van der Waals surface area contributed by atoms with Crippen LogP contribution in [0.5, 0.6) is 0 Å². The van der Waals surface area contributed by atoms with Crippen molar-refractivity contribution in [3.05, 3.63) is 141 Å². The number of benzene rings is 4. The number of hydrogen-bond donors (Lipinski definition) is 7. The first-order valence-electron chi connectivity index (χ1n) is 19.4. The summed E-state index contributed by atoms with van der Waals surface area (Å²) in [6, 6.07) is 29.0. The molecule has 6 rings (SSSR count). The minimum atomic E-state index is -0.594. The summed E-state index contributed by atoms with van der Waals surface area (Å²) in [6.45, 7) is 15.0. The molecule has 18 heteroatoms. The molecule has 0 atom stereocenters. The number of nitrogen functional groups attached to an aromatic ring is 4. The first-order chi connectivity index (χ1) is 29.9. The lowest BCUT2D eigenvalue weighted by Crippen LogP contribution is -2.27. The molecule has 17 nitrogen and oxygen atoms in total. The molecule has 0 spiro atoms. The van der Waals surface area contributed by atoms with Crippen LogP contribution in [0.2, 0.25) is 0 Å². The number of anilines is 7. The van der Waals surface area contributed by atoms with Crippen molar-refractivity contribution in [2.75, 3.05) is 38.9 Å². The average molecular weight is 966 g/mol. The lowest BCUT2D eigenvalue weighted by Gasteiger charge is -2.20. The summed E-state index contributed by atoms with van der Waals surface area (Å²) in [7, 11) is 0. The van der Waals surface area contributed by atoms with Gasteiger partial charge in [0.1, 0.15) is 5.60 Å². The van der Waals surface area contributed by atoms with Crippen LogP contribution in [0.3, 0.4) is 0 Å². The Bertz CT molecular complexity index is 2450. The molecule has 63 heavy (non-hydrogen) atoms. The van der Waals surface area contributed by atoms with E-state index in [-0.39, 0.29) is 35.6 Å². The summed E-state index contributed by atoms with van der Waals surface area (Å²) in [6.07, 6.45) is 5.61. The minimum Gasteiger partial charge on any atom is -0.444 e. The van der Waals surface area contributed by atoms with Crippen LogP contribution in [0, 0.1) is 10.5 Å². The van der Waals surface area contributed by atoms with Gasteiger partial charge in [-0.05, 0) is 128 Å². The maximum atomic E-state index is 12.3. The Labute approximate surface area is 380 Å². The molecule has 0 fully saturated rings. The Morgan fingerprint density at radius 2 is 1.03 bits per heavy atom. The molecule has 0 radical (unpaired) electrons. The lowest BCUT2D eigenvalue weighted by molar-refractivity contribution is 0.0635. The molecule has 2 heterocycles. The highest BCUT2D eigenvalue weighted by molar-refractivity contribution is 14.1. The van der Waals surface area contributed by atoms with E-state index < -0.39 is 11.7 Å². The van der Waals surface area contributed by atoms with Crippen molar-refractivity contribution in [3.63, 3.8) is 0 Å². The van der Waals surface area contributed by atoms with E-state index >= 15 is 0 Å². The SMILES string of the molecule is C=Cc1nc(N)nc(N)n1.CC(C)(C)OC(=O)Nc1ccccc1NC(=O)c1ccc(I)cc1.CCC.Cc1ccccc1NC(=O)c1ccc(/C=C/c2nc(N)nc(N)n2)cc1. The largest absolute Gasteiger partial charge is 0.444 e. The fourth-order valence-corrected chi connectivity index (χ4v) is 5.11. The van der Waals surface area contributed by atoms with Gasteiger partial charge < -0.3 is 38.3 Å². The van der Waals surface area contributed by atoms with Gasteiger partial charge in [-0.15, -0.1) is 0 Å². The molecule has 0 unspecified atom stereocenters. The van der Waals surface area contributed by atoms with Crippen molar-refractivity contribution in [2.24, 2.45) is 0 Å². The monoisotopic (exact) mass is 965 g/mol. The number of para-hydroxylation sites is 3. The molecule has 3 amide bonds. The predicted octanol–water partition coefficient (Wildman–Crippen LogP) is 8.75. The Morgan fingerprint density at radius 1 is 0.619 bits per heavy atom. The Morgan fingerprint density at radius 3 is 1.49 bits per heavy atom. The Balaban J connectivity index is 0.000000263. The highest BCUT2D eigenvalue weighted by Gasteiger charge is 2.18. The fraction of sp³-hybridized carbons (Fsp3) is 0.178. The number of ether oxygens (including phenoxy) is 1. The lowest BCUT2D eigenvalue weighted by atomic mass is 10.1. The van der Waals surface area contributed by atoms with Gasteiger partial charge in [0, 0.05) is 20.4 Å². The zero-order valence-electron chi connectivity index (χ0n) is 35.9. The number of aryl methyl sites for hydroxylation is 1. The highest BCUT2D eigenvalue weighted by atomic mass is 127. The summed E-state index contributed by atoms with van der Waals surface area (Å²) < 4.78 is 6.29. The zero-order valence-corrected chi connectivity index (χ0v) is 38.0. The van der Waals surface area contributed by atoms with Crippen molar-refractivity contribution in [3.8, 4) is 0 Å². The summed E-state index contributed by atoms with van der Waals surface area (Å²) in [5, 5.41) is 8.36. The van der Waals surface area contributed by atoms with Crippen LogP contribution >= 0.6 is 22.6 Å². The number of amides is 3. The first kappa shape index (κ1) is 49.9. The number of carbonyl (C=O) groups is 3. The van der Waals surface area contributed by atoms with Gasteiger partial charge in [-0.25, -0.2) is 4.79 Å². The number of aromatic nitrogens is 6. The van der Waals surface area contributed by atoms with E-state index in [2.05, 4.69) is 88.9 Å². The van der Waals surface area contributed by atoms with Crippen LogP contribution in [-0.2, 0) is 4.74 Å². The minimum absolute atomic E-state index is 0.0698. The van der Waals surface area contributed by atoms with E-state index in [1.807, 2.05) is 55.5 Å². The van der Waals surface area contributed by atoms with Crippen LogP contribution in [-0.4, -0.2) is 53.4 Å². The van der Waals surface area contributed by atoms with E-state index in [0.717, 1.165) is 20.4 Å². The third kappa shape index (κ3) is 18.4. The number of nitrogens with two attached hydrogens (primary N) is 4. The van der Waals surface area contributed by atoms with E-state index in [0.29, 0.717) is 34.2 Å². The van der Waals surface area contributed by atoms with Gasteiger partial charge in [0.15, 0.2) is 11.6 Å². The van der Waals surface area contributed by atoms with Gasteiger partial charge in [0.25, 0.3) is 11.8 Å². The second-order valence-electron chi connectivity index (χ2n) is 14.1. The summed E-state index contributed by atoms with van der Waals surface area (Å²) >= 11 is 2.18. The third-order valence-corrected chi connectivity index (χ3v) is 8.18. The summed E-state index contributed by atoms with van der Waals surface area (Å²) in [5.41, 5.74) is 25.8. The number of carbonyl (C=O) groups excluding carboxylic acids is 3. The van der Waals surface area contributed by atoms with Gasteiger partial charge in [-0.2, -0.15) is 29.9 Å². The molecule has 0 aliphatic rings. The number of nitrogens with one attached hydrogen (secondary N) is 3. The molecule has 6 aromatic rings. The topological polar surface area (TPSA) is 278 Å². The Kier molecular flexibility index (Phi) is 19.6. The van der Waals surface area contributed by atoms with E-state index in [1.165, 1.54) is 12.5 Å². The molecule has 0 saturated heterocycles. The summed E-state index contributed by atoms with van der Waals surface area (Å²) in [4.78, 5) is 59.3. The maximum Gasteiger partial charge on any atom is 0.412 e. The highest BCUT2D eigenvalue weighted by Crippen LogP contribution is 2.23. The fourth-order valence-electron chi connectivity index (χ4n) is 4.75.